The van der Waals surface area contributed by atoms with Gasteiger partial charge in [0.1, 0.15) is 5.65 Å². The van der Waals surface area contributed by atoms with Crippen molar-refractivity contribution in [2.45, 2.75) is 31.9 Å². The number of imidazole rings is 1. The summed E-state index contributed by atoms with van der Waals surface area (Å²) in [6, 6.07) is 6.02. The van der Waals surface area contributed by atoms with Crippen LogP contribution in [0.2, 0.25) is 0 Å². The zero-order valence-electron chi connectivity index (χ0n) is 14.2. The average Bonchev–Trinajstić information content (AvgIpc) is 3.06. The van der Waals surface area contributed by atoms with Crippen LogP contribution in [0.1, 0.15) is 31.4 Å². The maximum Gasteiger partial charge on any atom is 0.223 e. The first-order valence-electron chi connectivity index (χ1n) is 8.66. The molecule has 4 heterocycles. The second kappa shape index (κ2) is 6.78. The van der Waals surface area contributed by atoms with E-state index in [1.54, 1.807) is 19.3 Å². The van der Waals surface area contributed by atoms with Crippen molar-refractivity contribution in [1.82, 2.24) is 24.7 Å². The Balaban J connectivity index is 1.66. The fraction of sp³-hybridized carbons (Fsp3) is 0.389. The highest BCUT2D eigenvalue weighted by atomic mass is 16.3. The van der Waals surface area contributed by atoms with Gasteiger partial charge in [-0.15, -0.1) is 0 Å². The van der Waals surface area contributed by atoms with E-state index < -0.39 is 6.10 Å². The molecule has 1 fully saturated rings. The lowest BCUT2D eigenvalue weighted by Crippen LogP contribution is -2.38. The van der Waals surface area contributed by atoms with Gasteiger partial charge < -0.3 is 15.7 Å². The zero-order valence-corrected chi connectivity index (χ0v) is 14.2. The molecule has 3 N–H and O–H groups in total. The van der Waals surface area contributed by atoms with E-state index in [2.05, 4.69) is 25.6 Å². The van der Waals surface area contributed by atoms with Crippen LogP contribution in [0.25, 0.3) is 17.0 Å². The molecule has 0 bridgehead atoms. The Kier molecular flexibility index (Phi) is 4.33. The molecule has 25 heavy (non-hydrogen) atoms. The molecule has 0 saturated carbocycles. The molecule has 0 aliphatic carbocycles. The monoisotopic (exact) mass is 338 g/mol. The number of hydrogen-bond acceptors (Lipinski definition) is 6. The minimum atomic E-state index is -0.527. The second-order valence-corrected chi connectivity index (χ2v) is 6.46. The van der Waals surface area contributed by atoms with E-state index in [1.165, 1.54) is 0 Å². The molecule has 0 spiro atoms. The first kappa shape index (κ1) is 16.0. The lowest BCUT2D eigenvalue weighted by Gasteiger charge is -2.23. The number of nitrogens with zero attached hydrogens (tertiary/aromatic N) is 4. The third kappa shape index (κ3) is 3.33. The van der Waals surface area contributed by atoms with E-state index in [9.17, 15) is 5.11 Å². The Morgan fingerprint density at radius 2 is 2.24 bits per heavy atom. The molecular weight excluding hydrogens is 316 g/mol. The van der Waals surface area contributed by atoms with Gasteiger partial charge in [0.25, 0.3) is 0 Å². The topological polar surface area (TPSA) is 87.4 Å². The van der Waals surface area contributed by atoms with Crippen LogP contribution in [0.3, 0.4) is 0 Å². The highest BCUT2D eigenvalue weighted by molar-refractivity contribution is 5.61. The van der Waals surface area contributed by atoms with Gasteiger partial charge in [-0.25, -0.2) is 15.0 Å². The van der Waals surface area contributed by atoms with Crippen molar-refractivity contribution in [3.8, 4) is 11.4 Å². The number of aliphatic hydroxyl groups excluding tert-OH is 1. The maximum absolute atomic E-state index is 9.83. The predicted octanol–water partition coefficient (Wildman–Crippen LogP) is 2.01. The molecule has 2 unspecified atom stereocenters. The molecule has 1 aliphatic heterocycles. The van der Waals surface area contributed by atoms with Crippen LogP contribution >= 0.6 is 0 Å². The lowest BCUT2D eigenvalue weighted by atomic mass is 10.1. The number of piperidine rings is 1. The van der Waals surface area contributed by atoms with Crippen LogP contribution in [0.4, 0.5) is 5.95 Å². The number of rotatable bonds is 4. The van der Waals surface area contributed by atoms with E-state index >= 15 is 0 Å². The number of aromatic nitrogens is 4. The van der Waals surface area contributed by atoms with E-state index in [-0.39, 0.29) is 0 Å². The molecule has 4 rings (SSSR count). The van der Waals surface area contributed by atoms with E-state index in [1.807, 2.05) is 28.8 Å². The summed E-state index contributed by atoms with van der Waals surface area (Å²) < 4.78 is 1.95. The first-order valence-corrected chi connectivity index (χ1v) is 8.66. The van der Waals surface area contributed by atoms with Crippen molar-refractivity contribution < 1.29 is 5.11 Å². The van der Waals surface area contributed by atoms with E-state index in [0.29, 0.717) is 12.0 Å². The SMILES string of the molecule is CC(O)c1ccc2ncc(-c3ccnc(NC4CCCNC4)n3)n2c1. The lowest BCUT2D eigenvalue weighted by molar-refractivity contribution is 0.199. The summed E-state index contributed by atoms with van der Waals surface area (Å²) in [5.41, 5.74) is 3.35. The van der Waals surface area contributed by atoms with Gasteiger partial charge in [-0.2, -0.15) is 0 Å². The largest absolute Gasteiger partial charge is 0.389 e. The number of fused-ring (bicyclic) bond motifs is 1. The molecule has 2 atom stereocenters. The standard InChI is InChI=1S/C18H22N6O/c1-12(25)13-4-5-17-21-10-16(24(17)11-13)15-6-8-20-18(23-15)22-14-3-2-7-19-9-14/h4-6,8,10-12,14,19,25H,2-3,7,9H2,1H3,(H,20,22,23). The molecule has 3 aromatic heterocycles. The molecule has 0 aromatic carbocycles. The molecular formula is C18H22N6O. The smallest absolute Gasteiger partial charge is 0.223 e. The summed E-state index contributed by atoms with van der Waals surface area (Å²) >= 11 is 0. The third-order valence-electron chi connectivity index (χ3n) is 4.56. The van der Waals surface area contributed by atoms with Crippen molar-refractivity contribution in [2.24, 2.45) is 0 Å². The van der Waals surface area contributed by atoms with Crippen LogP contribution in [-0.4, -0.2) is 43.6 Å². The quantitative estimate of drug-likeness (QED) is 0.674. The fourth-order valence-corrected chi connectivity index (χ4v) is 3.16. The Bertz CT molecular complexity index is 869. The molecule has 1 aliphatic rings. The molecule has 3 aromatic rings. The van der Waals surface area contributed by atoms with Crippen LogP contribution in [-0.2, 0) is 0 Å². The van der Waals surface area contributed by atoms with Gasteiger partial charge in [0.2, 0.25) is 5.95 Å². The molecule has 1 saturated heterocycles. The third-order valence-corrected chi connectivity index (χ3v) is 4.56. The summed E-state index contributed by atoms with van der Waals surface area (Å²) in [6.45, 7) is 3.76. The maximum atomic E-state index is 9.83. The van der Waals surface area contributed by atoms with Gasteiger partial charge >= 0.3 is 0 Å². The summed E-state index contributed by atoms with van der Waals surface area (Å²) in [5.74, 6) is 0.632. The van der Waals surface area contributed by atoms with Crippen molar-refractivity contribution in [2.75, 3.05) is 18.4 Å². The summed E-state index contributed by atoms with van der Waals surface area (Å²) in [4.78, 5) is 13.4. The second-order valence-electron chi connectivity index (χ2n) is 6.46. The van der Waals surface area contributed by atoms with Gasteiger partial charge in [0.05, 0.1) is 23.7 Å². The van der Waals surface area contributed by atoms with Gasteiger partial charge in [-0.1, -0.05) is 6.07 Å². The van der Waals surface area contributed by atoms with Gasteiger partial charge in [-0.05, 0) is 44.0 Å². The van der Waals surface area contributed by atoms with Gasteiger partial charge in [-0.3, -0.25) is 4.40 Å². The number of anilines is 1. The van der Waals surface area contributed by atoms with Crippen molar-refractivity contribution >= 4 is 11.6 Å². The van der Waals surface area contributed by atoms with E-state index in [0.717, 1.165) is 48.5 Å². The van der Waals surface area contributed by atoms with E-state index in [4.69, 9.17) is 0 Å². The van der Waals surface area contributed by atoms with Crippen LogP contribution in [0.5, 0.6) is 0 Å². The highest BCUT2D eigenvalue weighted by Crippen LogP contribution is 2.22. The first-order chi connectivity index (χ1) is 12.2. The van der Waals surface area contributed by atoms with Crippen LogP contribution < -0.4 is 10.6 Å². The number of hydrogen-bond donors (Lipinski definition) is 3. The number of nitrogens with one attached hydrogen (secondary N) is 2. The van der Waals surface area contributed by atoms with Crippen molar-refractivity contribution in [3.63, 3.8) is 0 Å². The predicted molar refractivity (Wildman–Crippen MR) is 96.4 cm³/mol. The Morgan fingerprint density at radius 1 is 1.32 bits per heavy atom. The summed E-state index contributed by atoms with van der Waals surface area (Å²) in [5, 5.41) is 16.6. The number of aliphatic hydroxyl groups is 1. The molecule has 0 radical (unpaired) electrons. The minimum absolute atomic E-state index is 0.355. The molecule has 0 amide bonds. The summed E-state index contributed by atoms with van der Waals surface area (Å²) in [6.07, 6.45) is 7.22. The van der Waals surface area contributed by atoms with Crippen molar-refractivity contribution in [1.29, 1.82) is 0 Å². The molecule has 130 valence electrons. The molecule has 7 heteroatoms. The number of pyridine rings is 1. The van der Waals surface area contributed by atoms with Crippen LogP contribution in [0.15, 0.2) is 36.8 Å². The Hall–Kier alpha value is -2.51. The Morgan fingerprint density at radius 3 is 3.04 bits per heavy atom. The van der Waals surface area contributed by atoms with Gasteiger partial charge in [0.15, 0.2) is 0 Å². The minimum Gasteiger partial charge on any atom is -0.389 e. The van der Waals surface area contributed by atoms with Gasteiger partial charge in [0, 0.05) is 25.0 Å². The zero-order chi connectivity index (χ0) is 17.2. The fourth-order valence-electron chi connectivity index (χ4n) is 3.16. The van der Waals surface area contributed by atoms with Crippen molar-refractivity contribution in [3.05, 3.63) is 42.4 Å². The highest BCUT2D eigenvalue weighted by Gasteiger charge is 2.15. The van der Waals surface area contributed by atoms with Crippen LogP contribution in [0, 0.1) is 0 Å². The normalized spacial score (nSPS) is 19.0. The summed E-state index contributed by atoms with van der Waals surface area (Å²) in [7, 11) is 0. The Labute approximate surface area is 146 Å². The molecule has 7 nitrogen and oxygen atoms in total. The average molecular weight is 338 g/mol.